The van der Waals surface area contributed by atoms with Crippen LogP contribution in [0.5, 0.6) is 0 Å². The van der Waals surface area contributed by atoms with Crippen molar-refractivity contribution < 1.29 is 9.18 Å². The zero-order chi connectivity index (χ0) is 13.7. The number of rotatable bonds is 5. The lowest BCUT2D eigenvalue weighted by Gasteiger charge is -2.05. The monoisotopic (exact) mass is 278 g/mol. The molecule has 0 atom stereocenters. The zero-order valence-corrected chi connectivity index (χ0v) is 11.5. The number of amides is 1. The molecule has 1 heterocycles. The molecule has 0 unspecified atom stereocenters. The maximum absolute atomic E-state index is 13.4. The second-order valence-electron chi connectivity index (χ2n) is 4.25. The van der Waals surface area contributed by atoms with Gasteiger partial charge in [-0.2, -0.15) is 0 Å². The number of hydrogen-bond acceptors (Lipinski definition) is 3. The summed E-state index contributed by atoms with van der Waals surface area (Å²) in [5.41, 5.74) is 1.42. The Labute approximate surface area is 115 Å². The van der Waals surface area contributed by atoms with E-state index in [2.05, 4.69) is 10.3 Å². The van der Waals surface area contributed by atoms with E-state index < -0.39 is 0 Å². The van der Waals surface area contributed by atoms with Crippen LogP contribution in [0.2, 0.25) is 0 Å². The summed E-state index contributed by atoms with van der Waals surface area (Å²) >= 11 is 1.59. The normalized spacial score (nSPS) is 10.4. The van der Waals surface area contributed by atoms with Gasteiger partial charge in [0.05, 0.1) is 11.4 Å². The molecule has 0 aliphatic heterocycles. The predicted molar refractivity (Wildman–Crippen MR) is 73.7 cm³/mol. The average molecular weight is 278 g/mol. The summed E-state index contributed by atoms with van der Waals surface area (Å²) in [5.74, 6) is -0.508. The summed E-state index contributed by atoms with van der Waals surface area (Å²) in [6.07, 6.45) is 0.783. The molecule has 5 heteroatoms. The summed E-state index contributed by atoms with van der Waals surface area (Å²) in [4.78, 5) is 16.0. The molecule has 0 saturated heterocycles. The number of aromatic nitrogens is 1. The Bertz CT molecular complexity index is 568. The Kier molecular flexibility index (Phi) is 4.63. The van der Waals surface area contributed by atoms with Gasteiger partial charge in [0.1, 0.15) is 5.82 Å². The number of nitrogens with zero attached hydrogens (tertiary/aromatic N) is 1. The van der Waals surface area contributed by atoms with Crippen molar-refractivity contribution in [3.63, 3.8) is 0 Å². The second-order valence-corrected chi connectivity index (χ2v) is 5.19. The molecule has 1 aromatic carbocycles. The topological polar surface area (TPSA) is 42.0 Å². The van der Waals surface area contributed by atoms with Crippen molar-refractivity contribution >= 4 is 17.2 Å². The lowest BCUT2D eigenvalue weighted by molar-refractivity contribution is -0.120. The maximum atomic E-state index is 13.4. The predicted octanol–water partition coefficient (Wildman–Crippen LogP) is 2.49. The first-order valence-corrected chi connectivity index (χ1v) is 6.94. The van der Waals surface area contributed by atoms with Crippen LogP contribution in [0.15, 0.2) is 29.6 Å². The van der Waals surface area contributed by atoms with Crippen molar-refractivity contribution in [3.8, 4) is 0 Å². The Morgan fingerprint density at radius 3 is 2.89 bits per heavy atom. The minimum Gasteiger partial charge on any atom is -0.355 e. The SMILES string of the molecule is Cc1csc(CCNC(=O)Cc2ccccc2F)n1. The van der Waals surface area contributed by atoms with Crippen molar-refractivity contribution in [2.75, 3.05) is 6.54 Å². The van der Waals surface area contributed by atoms with Gasteiger partial charge in [0.15, 0.2) is 0 Å². The number of benzene rings is 1. The van der Waals surface area contributed by atoms with E-state index in [-0.39, 0.29) is 18.1 Å². The minimum atomic E-state index is -0.340. The highest BCUT2D eigenvalue weighted by Crippen LogP contribution is 2.09. The molecule has 100 valence electrons. The molecule has 1 aromatic heterocycles. The Morgan fingerprint density at radius 1 is 1.42 bits per heavy atom. The van der Waals surface area contributed by atoms with Crippen molar-refractivity contribution in [2.24, 2.45) is 0 Å². The highest BCUT2D eigenvalue weighted by molar-refractivity contribution is 7.09. The fourth-order valence-corrected chi connectivity index (χ4v) is 2.48. The lowest BCUT2D eigenvalue weighted by atomic mass is 10.1. The third-order valence-electron chi connectivity index (χ3n) is 2.64. The number of hydrogen-bond donors (Lipinski definition) is 1. The van der Waals surface area contributed by atoms with Gasteiger partial charge >= 0.3 is 0 Å². The fourth-order valence-electron chi connectivity index (χ4n) is 1.70. The summed E-state index contributed by atoms with van der Waals surface area (Å²) in [5, 5.41) is 5.76. The van der Waals surface area contributed by atoms with E-state index in [0.29, 0.717) is 18.5 Å². The molecule has 2 rings (SSSR count). The van der Waals surface area contributed by atoms with Crippen LogP contribution in [0.4, 0.5) is 4.39 Å². The van der Waals surface area contributed by atoms with Crippen molar-refractivity contribution in [2.45, 2.75) is 19.8 Å². The summed E-state index contributed by atoms with van der Waals surface area (Å²) in [6, 6.07) is 6.33. The number of nitrogens with one attached hydrogen (secondary N) is 1. The van der Waals surface area contributed by atoms with Crippen LogP contribution in [0.3, 0.4) is 0 Å². The molecule has 0 fully saturated rings. The molecule has 1 N–H and O–H groups in total. The van der Waals surface area contributed by atoms with Crippen molar-refractivity contribution in [1.82, 2.24) is 10.3 Å². The number of thiazole rings is 1. The van der Waals surface area contributed by atoms with E-state index >= 15 is 0 Å². The van der Waals surface area contributed by atoms with Crippen LogP contribution in [-0.4, -0.2) is 17.4 Å². The van der Waals surface area contributed by atoms with Gasteiger partial charge in [-0.15, -0.1) is 11.3 Å². The van der Waals surface area contributed by atoms with Gasteiger partial charge < -0.3 is 5.32 Å². The summed E-state index contributed by atoms with van der Waals surface area (Å²) < 4.78 is 13.4. The van der Waals surface area contributed by atoms with Gasteiger partial charge in [-0.3, -0.25) is 4.79 Å². The number of halogens is 1. The third kappa shape index (κ3) is 4.13. The molecule has 19 heavy (non-hydrogen) atoms. The number of carbonyl (C=O) groups is 1. The van der Waals surface area contributed by atoms with Gasteiger partial charge in [-0.05, 0) is 18.6 Å². The van der Waals surface area contributed by atoms with Crippen LogP contribution in [0.25, 0.3) is 0 Å². The highest BCUT2D eigenvalue weighted by atomic mass is 32.1. The smallest absolute Gasteiger partial charge is 0.224 e. The highest BCUT2D eigenvalue weighted by Gasteiger charge is 2.07. The molecule has 0 bridgehead atoms. The summed E-state index contributed by atoms with van der Waals surface area (Å²) in [6.45, 7) is 2.47. The fraction of sp³-hybridized carbons (Fsp3) is 0.286. The molecule has 0 saturated carbocycles. The second kappa shape index (κ2) is 6.43. The number of aryl methyl sites for hydroxylation is 1. The van der Waals surface area contributed by atoms with Gasteiger partial charge in [0.25, 0.3) is 0 Å². The van der Waals surface area contributed by atoms with E-state index in [1.807, 2.05) is 12.3 Å². The first-order chi connectivity index (χ1) is 9.15. The molecular formula is C14H15FN2OS. The van der Waals surface area contributed by atoms with Crippen molar-refractivity contribution in [3.05, 3.63) is 51.7 Å². The van der Waals surface area contributed by atoms with Crippen LogP contribution in [-0.2, 0) is 17.6 Å². The Hall–Kier alpha value is -1.75. The maximum Gasteiger partial charge on any atom is 0.224 e. The van der Waals surface area contributed by atoms with Gasteiger partial charge in [-0.1, -0.05) is 18.2 Å². The van der Waals surface area contributed by atoms with E-state index in [4.69, 9.17) is 0 Å². The first kappa shape index (κ1) is 13.7. The van der Waals surface area contributed by atoms with Gasteiger partial charge in [-0.25, -0.2) is 9.37 Å². The lowest BCUT2D eigenvalue weighted by Crippen LogP contribution is -2.27. The van der Waals surface area contributed by atoms with E-state index in [1.165, 1.54) is 6.07 Å². The zero-order valence-electron chi connectivity index (χ0n) is 10.6. The van der Waals surface area contributed by atoms with Crippen molar-refractivity contribution in [1.29, 1.82) is 0 Å². The standard InChI is InChI=1S/C14H15FN2OS/c1-10-9-19-14(17-10)6-7-16-13(18)8-11-4-2-3-5-12(11)15/h2-5,9H,6-8H2,1H3,(H,16,18). The Balaban J connectivity index is 1.77. The first-order valence-electron chi connectivity index (χ1n) is 6.06. The van der Waals surface area contributed by atoms with Crippen LogP contribution in [0.1, 0.15) is 16.3 Å². The van der Waals surface area contributed by atoms with Gasteiger partial charge in [0, 0.05) is 24.0 Å². The molecule has 0 spiro atoms. The third-order valence-corrected chi connectivity index (χ3v) is 3.66. The summed E-state index contributed by atoms with van der Waals surface area (Å²) in [7, 11) is 0. The quantitative estimate of drug-likeness (QED) is 0.913. The minimum absolute atomic E-state index is 0.0730. The molecule has 3 nitrogen and oxygen atoms in total. The molecule has 0 aliphatic rings. The Morgan fingerprint density at radius 2 is 2.21 bits per heavy atom. The molecule has 2 aromatic rings. The van der Waals surface area contributed by atoms with E-state index in [9.17, 15) is 9.18 Å². The average Bonchev–Trinajstić information content (AvgIpc) is 2.78. The van der Waals surface area contributed by atoms with Crippen LogP contribution < -0.4 is 5.32 Å². The van der Waals surface area contributed by atoms with Crippen LogP contribution >= 0.6 is 11.3 Å². The van der Waals surface area contributed by atoms with E-state index in [0.717, 1.165) is 10.7 Å². The number of carbonyl (C=O) groups excluding carboxylic acids is 1. The van der Waals surface area contributed by atoms with Crippen LogP contribution in [0, 0.1) is 12.7 Å². The largest absolute Gasteiger partial charge is 0.355 e. The molecule has 0 aliphatic carbocycles. The molecule has 0 radical (unpaired) electrons. The van der Waals surface area contributed by atoms with Gasteiger partial charge in [0.2, 0.25) is 5.91 Å². The molecule has 1 amide bonds. The molecular weight excluding hydrogens is 263 g/mol. The van der Waals surface area contributed by atoms with E-state index in [1.54, 1.807) is 29.5 Å².